The molecule has 7 nitrogen and oxygen atoms in total. The summed E-state index contributed by atoms with van der Waals surface area (Å²) < 4.78 is 64.4. The molecule has 0 N–H and O–H groups in total. The van der Waals surface area contributed by atoms with Crippen molar-refractivity contribution in [3.63, 3.8) is 0 Å². The molecule has 0 spiro atoms. The second-order valence-corrected chi connectivity index (χ2v) is 7.61. The van der Waals surface area contributed by atoms with Gasteiger partial charge in [-0.15, -0.1) is 0 Å². The van der Waals surface area contributed by atoms with Crippen LogP contribution in [0.3, 0.4) is 0 Å². The topological polar surface area (TPSA) is 81.6 Å². The molecule has 1 saturated heterocycles. The van der Waals surface area contributed by atoms with Crippen molar-refractivity contribution in [3.05, 3.63) is 42.1 Å². The van der Waals surface area contributed by atoms with Gasteiger partial charge in [-0.1, -0.05) is 0 Å². The van der Waals surface area contributed by atoms with Gasteiger partial charge in [0, 0.05) is 18.8 Å². The van der Waals surface area contributed by atoms with Crippen LogP contribution in [0.2, 0.25) is 0 Å². The Hall–Kier alpha value is -2.33. The average molecular weight is 385 g/mol. The monoisotopic (exact) mass is 385 g/mol. The Balaban J connectivity index is 1.78. The number of methoxy groups -OCH3 is 1. The van der Waals surface area contributed by atoms with Gasteiger partial charge in [0.1, 0.15) is 22.6 Å². The van der Waals surface area contributed by atoms with E-state index in [1.165, 1.54) is 19.4 Å². The highest BCUT2D eigenvalue weighted by Gasteiger charge is 2.33. The molecule has 1 aromatic heterocycles. The van der Waals surface area contributed by atoms with E-state index in [0.29, 0.717) is 18.9 Å². The normalized spacial score (nSPS) is 18.5. The van der Waals surface area contributed by atoms with Crippen LogP contribution < -0.4 is 9.47 Å². The molecule has 1 aliphatic heterocycles. The van der Waals surface area contributed by atoms with Crippen LogP contribution in [-0.2, 0) is 10.0 Å². The van der Waals surface area contributed by atoms with E-state index in [2.05, 4.69) is 9.97 Å². The maximum atomic E-state index is 13.9. The number of rotatable bonds is 5. The van der Waals surface area contributed by atoms with Crippen molar-refractivity contribution in [3.8, 4) is 11.9 Å². The zero-order valence-electron chi connectivity index (χ0n) is 13.9. The molecular formula is C16H17F2N3O4S. The molecule has 0 bridgehead atoms. The van der Waals surface area contributed by atoms with E-state index in [9.17, 15) is 17.2 Å². The van der Waals surface area contributed by atoms with Crippen molar-refractivity contribution in [2.24, 2.45) is 0 Å². The predicted molar refractivity (Wildman–Crippen MR) is 87.4 cm³/mol. The summed E-state index contributed by atoms with van der Waals surface area (Å²) in [6.07, 6.45) is 2.10. The highest BCUT2D eigenvalue weighted by Crippen LogP contribution is 2.25. The van der Waals surface area contributed by atoms with Crippen LogP contribution in [0.4, 0.5) is 8.78 Å². The summed E-state index contributed by atoms with van der Waals surface area (Å²) in [5.74, 6) is -1.56. The lowest BCUT2D eigenvalue weighted by atomic mass is 10.1. The van der Waals surface area contributed by atoms with Crippen LogP contribution in [0.15, 0.2) is 35.4 Å². The summed E-state index contributed by atoms with van der Waals surface area (Å²) >= 11 is 0. The summed E-state index contributed by atoms with van der Waals surface area (Å²) in [6, 6.07) is 4.02. The SMILES string of the molecule is COc1nccc(OC2CCCN(S(=O)(=O)c3cc(F)ccc3F)C2)n1. The van der Waals surface area contributed by atoms with Crippen molar-refractivity contribution < 1.29 is 26.7 Å². The minimum atomic E-state index is -4.17. The van der Waals surface area contributed by atoms with Crippen molar-refractivity contribution in [1.29, 1.82) is 0 Å². The minimum absolute atomic E-state index is 0.00457. The van der Waals surface area contributed by atoms with Crippen LogP contribution >= 0.6 is 0 Å². The van der Waals surface area contributed by atoms with Gasteiger partial charge in [-0.05, 0) is 31.0 Å². The Labute approximate surface area is 149 Å². The average Bonchev–Trinajstić information content (AvgIpc) is 2.64. The fourth-order valence-corrected chi connectivity index (χ4v) is 4.28. The second kappa shape index (κ2) is 7.50. The lowest BCUT2D eigenvalue weighted by Gasteiger charge is -2.31. The number of piperidine rings is 1. The molecule has 0 radical (unpaired) electrons. The first-order valence-corrected chi connectivity index (χ1v) is 9.33. The third kappa shape index (κ3) is 3.91. The van der Waals surface area contributed by atoms with Gasteiger partial charge in [0.05, 0.1) is 13.7 Å². The summed E-state index contributed by atoms with van der Waals surface area (Å²) in [4.78, 5) is 7.21. The molecule has 3 rings (SSSR count). The van der Waals surface area contributed by atoms with Crippen LogP contribution in [0.5, 0.6) is 11.9 Å². The number of nitrogens with zero attached hydrogens (tertiary/aromatic N) is 3. The van der Waals surface area contributed by atoms with E-state index >= 15 is 0 Å². The predicted octanol–water partition coefficient (Wildman–Crippen LogP) is 2.00. The van der Waals surface area contributed by atoms with E-state index in [0.717, 1.165) is 16.4 Å². The van der Waals surface area contributed by atoms with Crippen molar-refractivity contribution in [2.45, 2.75) is 23.8 Å². The fraction of sp³-hybridized carbons (Fsp3) is 0.375. The van der Waals surface area contributed by atoms with Crippen LogP contribution in [0.25, 0.3) is 0 Å². The third-order valence-electron chi connectivity index (χ3n) is 3.93. The van der Waals surface area contributed by atoms with Gasteiger partial charge in [0.15, 0.2) is 0 Å². The molecule has 0 amide bonds. The number of benzene rings is 1. The summed E-state index contributed by atoms with van der Waals surface area (Å²) in [6.45, 7) is 0.204. The summed E-state index contributed by atoms with van der Waals surface area (Å²) in [5, 5.41) is 0. The van der Waals surface area contributed by atoms with Gasteiger partial charge < -0.3 is 9.47 Å². The first-order valence-electron chi connectivity index (χ1n) is 7.89. The lowest BCUT2D eigenvalue weighted by Crippen LogP contribution is -2.44. The molecule has 10 heteroatoms. The molecule has 140 valence electrons. The molecule has 1 atom stereocenters. The van der Waals surface area contributed by atoms with Crippen molar-refractivity contribution in [1.82, 2.24) is 14.3 Å². The number of hydrogen-bond donors (Lipinski definition) is 0. The molecule has 1 aromatic carbocycles. The maximum absolute atomic E-state index is 13.9. The maximum Gasteiger partial charge on any atom is 0.319 e. The molecule has 1 unspecified atom stereocenters. The van der Waals surface area contributed by atoms with Gasteiger partial charge in [-0.25, -0.2) is 22.2 Å². The minimum Gasteiger partial charge on any atom is -0.473 e. The molecule has 0 saturated carbocycles. The fourth-order valence-electron chi connectivity index (χ4n) is 2.69. The Morgan fingerprint density at radius 1 is 1.27 bits per heavy atom. The van der Waals surface area contributed by atoms with Crippen LogP contribution in [0, 0.1) is 11.6 Å². The largest absolute Gasteiger partial charge is 0.473 e. The summed E-state index contributed by atoms with van der Waals surface area (Å²) in [5.41, 5.74) is 0. The first kappa shape index (κ1) is 18.5. The zero-order chi connectivity index (χ0) is 18.7. The second-order valence-electron chi connectivity index (χ2n) is 5.70. The number of aromatic nitrogens is 2. The smallest absolute Gasteiger partial charge is 0.319 e. The first-order chi connectivity index (χ1) is 12.4. The quantitative estimate of drug-likeness (QED) is 0.783. The molecule has 2 heterocycles. The molecule has 26 heavy (non-hydrogen) atoms. The number of sulfonamides is 1. The van der Waals surface area contributed by atoms with E-state index in [1.807, 2.05) is 0 Å². The number of halogens is 2. The van der Waals surface area contributed by atoms with Gasteiger partial charge in [0.2, 0.25) is 15.9 Å². The van der Waals surface area contributed by atoms with Crippen molar-refractivity contribution in [2.75, 3.05) is 20.2 Å². The van der Waals surface area contributed by atoms with E-state index in [4.69, 9.17) is 9.47 Å². The van der Waals surface area contributed by atoms with E-state index < -0.39 is 32.7 Å². The molecular weight excluding hydrogens is 368 g/mol. The van der Waals surface area contributed by atoms with Gasteiger partial charge in [0.25, 0.3) is 0 Å². The van der Waals surface area contributed by atoms with Crippen LogP contribution in [0.1, 0.15) is 12.8 Å². The third-order valence-corrected chi connectivity index (χ3v) is 5.81. The summed E-state index contributed by atoms with van der Waals surface area (Å²) in [7, 11) is -2.75. The Morgan fingerprint density at radius 3 is 2.85 bits per heavy atom. The highest BCUT2D eigenvalue weighted by atomic mass is 32.2. The molecule has 2 aromatic rings. The Bertz CT molecular complexity index is 895. The number of ether oxygens (including phenoxy) is 2. The zero-order valence-corrected chi connectivity index (χ0v) is 14.7. The van der Waals surface area contributed by atoms with E-state index in [-0.39, 0.29) is 25.0 Å². The number of hydrogen-bond acceptors (Lipinski definition) is 6. The van der Waals surface area contributed by atoms with E-state index in [1.54, 1.807) is 0 Å². The van der Waals surface area contributed by atoms with Gasteiger partial charge >= 0.3 is 6.01 Å². The standard InChI is InChI=1S/C16H17F2N3O4S/c1-24-16-19-7-6-15(20-16)25-12-3-2-8-21(10-12)26(22,23)14-9-11(17)4-5-13(14)18/h4-7,9,12H,2-3,8,10H2,1H3. The van der Waals surface area contributed by atoms with Crippen molar-refractivity contribution >= 4 is 10.0 Å². The van der Waals surface area contributed by atoms with Crippen LogP contribution in [-0.4, -0.2) is 49.0 Å². The molecule has 1 aliphatic rings. The Kier molecular flexibility index (Phi) is 5.33. The van der Waals surface area contributed by atoms with Gasteiger partial charge in [-0.3, -0.25) is 0 Å². The lowest BCUT2D eigenvalue weighted by molar-refractivity contribution is 0.123. The molecule has 1 fully saturated rings. The Morgan fingerprint density at radius 2 is 2.08 bits per heavy atom. The van der Waals surface area contributed by atoms with Gasteiger partial charge in [-0.2, -0.15) is 9.29 Å². The molecule has 0 aliphatic carbocycles. The highest BCUT2D eigenvalue weighted by molar-refractivity contribution is 7.89.